The highest BCUT2D eigenvalue weighted by atomic mass is 16.5. The van der Waals surface area contributed by atoms with Gasteiger partial charge in [0.25, 0.3) is 0 Å². The first-order valence-corrected chi connectivity index (χ1v) is 7.94. The Morgan fingerprint density at radius 3 is 2.79 bits per heavy atom. The van der Waals surface area contributed by atoms with Crippen molar-refractivity contribution in [1.29, 1.82) is 0 Å². The average molecular weight is 327 g/mol. The van der Waals surface area contributed by atoms with E-state index >= 15 is 0 Å². The number of nitrogens with one attached hydrogen (secondary N) is 1. The first-order valence-electron chi connectivity index (χ1n) is 7.94. The SMILES string of the molecule is CCCOc1ccc(CNc2ccc3nc(C)nn3n2)cc1OC. The van der Waals surface area contributed by atoms with Gasteiger partial charge in [0.1, 0.15) is 11.6 Å². The van der Waals surface area contributed by atoms with Crippen LogP contribution in [0.1, 0.15) is 24.7 Å². The van der Waals surface area contributed by atoms with Gasteiger partial charge in [0, 0.05) is 6.54 Å². The van der Waals surface area contributed by atoms with Crippen LogP contribution in [-0.2, 0) is 6.54 Å². The van der Waals surface area contributed by atoms with Gasteiger partial charge in [-0.05, 0) is 43.2 Å². The summed E-state index contributed by atoms with van der Waals surface area (Å²) in [5.41, 5.74) is 1.81. The lowest BCUT2D eigenvalue weighted by Crippen LogP contribution is -2.05. The topological polar surface area (TPSA) is 73.6 Å². The van der Waals surface area contributed by atoms with E-state index in [-0.39, 0.29) is 0 Å². The number of hydrogen-bond acceptors (Lipinski definition) is 6. The first-order chi connectivity index (χ1) is 11.7. The fourth-order valence-corrected chi connectivity index (χ4v) is 2.33. The zero-order valence-electron chi connectivity index (χ0n) is 14.1. The largest absolute Gasteiger partial charge is 0.493 e. The van der Waals surface area contributed by atoms with Crippen molar-refractivity contribution in [3.8, 4) is 11.5 Å². The number of ether oxygens (including phenoxy) is 2. The van der Waals surface area contributed by atoms with Crippen LogP contribution in [0, 0.1) is 6.92 Å². The summed E-state index contributed by atoms with van der Waals surface area (Å²) in [5, 5.41) is 11.9. The molecule has 0 radical (unpaired) electrons. The molecule has 3 aromatic rings. The Balaban J connectivity index is 1.70. The van der Waals surface area contributed by atoms with E-state index in [1.165, 1.54) is 4.63 Å². The molecule has 24 heavy (non-hydrogen) atoms. The molecule has 3 rings (SSSR count). The average Bonchev–Trinajstić information content (AvgIpc) is 2.97. The minimum atomic E-state index is 0.622. The van der Waals surface area contributed by atoms with Crippen molar-refractivity contribution in [3.05, 3.63) is 41.7 Å². The van der Waals surface area contributed by atoms with E-state index in [1.54, 1.807) is 7.11 Å². The summed E-state index contributed by atoms with van der Waals surface area (Å²) in [5.74, 6) is 2.93. The Kier molecular flexibility index (Phi) is 4.79. The highest BCUT2D eigenvalue weighted by Crippen LogP contribution is 2.28. The molecule has 0 saturated heterocycles. The normalized spacial score (nSPS) is 10.8. The lowest BCUT2D eigenvalue weighted by atomic mass is 10.2. The molecule has 2 aromatic heterocycles. The molecule has 0 aliphatic rings. The van der Waals surface area contributed by atoms with Gasteiger partial charge in [0.05, 0.1) is 13.7 Å². The Bertz CT molecular complexity index is 831. The van der Waals surface area contributed by atoms with Gasteiger partial charge in [-0.3, -0.25) is 0 Å². The van der Waals surface area contributed by atoms with Crippen molar-refractivity contribution in [1.82, 2.24) is 19.8 Å². The molecule has 1 aromatic carbocycles. The number of nitrogens with zero attached hydrogens (tertiary/aromatic N) is 4. The Labute approximate surface area is 140 Å². The maximum absolute atomic E-state index is 5.67. The molecule has 0 fully saturated rings. The van der Waals surface area contributed by atoms with Gasteiger partial charge in [0.2, 0.25) is 0 Å². The molecule has 0 aliphatic heterocycles. The fourth-order valence-electron chi connectivity index (χ4n) is 2.33. The molecule has 1 N–H and O–H groups in total. The minimum absolute atomic E-state index is 0.622. The second kappa shape index (κ2) is 7.16. The van der Waals surface area contributed by atoms with Crippen LogP contribution in [0.15, 0.2) is 30.3 Å². The molecule has 0 unspecified atom stereocenters. The molecule has 0 saturated carbocycles. The monoisotopic (exact) mass is 327 g/mol. The number of methoxy groups -OCH3 is 1. The fraction of sp³-hybridized carbons (Fsp3) is 0.353. The highest BCUT2D eigenvalue weighted by molar-refractivity contribution is 5.46. The predicted octanol–water partition coefficient (Wildman–Crippen LogP) is 2.84. The minimum Gasteiger partial charge on any atom is -0.493 e. The van der Waals surface area contributed by atoms with E-state index in [9.17, 15) is 0 Å². The molecule has 2 heterocycles. The molecule has 7 heteroatoms. The summed E-state index contributed by atoms with van der Waals surface area (Å²) in [7, 11) is 1.65. The summed E-state index contributed by atoms with van der Waals surface area (Å²) < 4.78 is 12.6. The number of aromatic nitrogens is 4. The van der Waals surface area contributed by atoms with E-state index in [0.29, 0.717) is 19.0 Å². The van der Waals surface area contributed by atoms with Crippen molar-refractivity contribution in [3.63, 3.8) is 0 Å². The third-order valence-corrected chi connectivity index (χ3v) is 3.48. The molecule has 0 spiro atoms. The highest BCUT2D eigenvalue weighted by Gasteiger charge is 2.07. The molecular weight excluding hydrogens is 306 g/mol. The van der Waals surface area contributed by atoms with E-state index in [2.05, 4.69) is 27.4 Å². The second-order valence-corrected chi connectivity index (χ2v) is 5.41. The van der Waals surface area contributed by atoms with Crippen molar-refractivity contribution >= 4 is 11.5 Å². The maximum Gasteiger partial charge on any atom is 0.176 e. The summed E-state index contributed by atoms with van der Waals surface area (Å²) >= 11 is 0. The Morgan fingerprint density at radius 1 is 1.12 bits per heavy atom. The quantitative estimate of drug-likeness (QED) is 0.719. The summed E-state index contributed by atoms with van der Waals surface area (Å²) in [6.45, 7) is 5.22. The van der Waals surface area contributed by atoms with Crippen molar-refractivity contribution in [2.24, 2.45) is 0 Å². The van der Waals surface area contributed by atoms with Gasteiger partial charge in [-0.1, -0.05) is 13.0 Å². The molecular formula is C17H21N5O2. The van der Waals surface area contributed by atoms with Crippen LogP contribution in [0.3, 0.4) is 0 Å². The molecule has 0 amide bonds. The number of anilines is 1. The van der Waals surface area contributed by atoms with Crippen LogP contribution in [0.5, 0.6) is 11.5 Å². The third-order valence-electron chi connectivity index (χ3n) is 3.48. The van der Waals surface area contributed by atoms with Gasteiger partial charge in [-0.25, -0.2) is 4.98 Å². The standard InChI is InChI=1S/C17H21N5O2/c1-4-9-24-14-6-5-13(10-15(14)23-3)11-18-16-7-8-17-19-12(2)20-22(17)21-16/h5-8,10H,4,9,11H2,1-3H3,(H,18,21). The molecule has 0 aliphatic carbocycles. The lowest BCUT2D eigenvalue weighted by molar-refractivity contribution is 0.294. The summed E-state index contributed by atoms with van der Waals surface area (Å²) in [4.78, 5) is 4.26. The van der Waals surface area contributed by atoms with Gasteiger partial charge in [0.15, 0.2) is 17.1 Å². The van der Waals surface area contributed by atoms with Crippen molar-refractivity contribution in [2.75, 3.05) is 19.0 Å². The first kappa shape index (κ1) is 16.0. The van der Waals surface area contributed by atoms with Crippen LogP contribution >= 0.6 is 0 Å². The molecule has 126 valence electrons. The van der Waals surface area contributed by atoms with Gasteiger partial charge >= 0.3 is 0 Å². The van der Waals surface area contributed by atoms with E-state index in [4.69, 9.17) is 9.47 Å². The van der Waals surface area contributed by atoms with Crippen LogP contribution < -0.4 is 14.8 Å². The van der Waals surface area contributed by atoms with Gasteiger partial charge < -0.3 is 14.8 Å². The van der Waals surface area contributed by atoms with Crippen LogP contribution in [0.2, 0.25) is 0 Å². The number of aryl methyl sites for hydroxylation is 1. The third kappa shape index (κ3) is 3.56. The van der Waals surface area contributed by atoms with Crippen LogP contribution in [0.25, 0.3) is 5.65 Å². The van der Waals surface area contributed by atoms with Crippen molar-refractivity contribution in [2.45, 2.75) is 26.8 Å². The summed E-state index contributed by atoms with van der Waals surface area (Å²) in [6, 6.07) is 9.69. The zero-order valence-corrected chi connectivity index (χ0v) is 14.1. The Hall–Kier alpha value is -2.83. The number of fused-ring (bicyclic) bond motifs is 1. The second-order valence-electron chi connectivity index (χ2n) is 5.41. The van der Waals surface area contributed by atoms with E-state index in [1.807, 2.05) is 37.3 Å². The molecule has 0 atom stereocenters. The van der Waals surface area contributed by atoms with E-state index < -0.39 is 0 Å². The lowest BCUT2D eigenvalue weighted by Gasteiger charge is -2.12. The number of rotatable bonds is 7. The Morgan fingerprint density at radius 2 is 2.00 bits per heavy atom. The summed E-state index contributed by atoms with van der Waals surface area (Å²) in [6.07, 6.45) is 0.961. The maximum atomic E-state index is 5.67. The van der Waals surface area contributed by atoms with E-state index in [0.717, 1.165) is 34.9 Å². The predicted molar refractivity (Wildman–Crippen MR) is 91.6 cm³/mol. The zero-order chi connectivity index (χ0) is 16.9. The number of hydrogen-bond donors (Lipinski definition) is 1. The van der Waals surface area contributed by atoms with Crippen molar-refractivity contribution < 1.29 is 9.47 Å². The van der Waals surface area contributed by atoms with Crippen LogP contribution in [0.4, 0.5) is 5.82 Å². The molecule has 0 bridgehead atoms. The molecule has 7 nitrogen and oxygen atoms in total. The van der Waals surface area contributed by atoms with Gasteiger partial charge in [-0.15, -0.1) is 14.8 Å². The number of benzene rings is 1. The van der Waals surface area contributed by atoms with Crippen LogP contribution in [-0.4, -0.2) is 33.5 Å². The van der Waals surface area contributed by atoms with Gasteiger partial charge in [-0.2, -0.15) is 0 Å². The smallest absolute Gasteiger partial charge is 0.176 e.